The van der Waals surface area contributed by atoms with Crippen LogP contribution in [0.1, 0.15) is 21.7 Å². The lowest BCUT2D eigenvalue weighted by atomic mass is 10.0. The molecule has 3 aromatic rings. The van der Waals surface area contributed by atoms with Gasteiger partial charge in [-0.3, -0.25) is 0 Å². The molecule has 0 saturated carbocycles. The molecule has 0 atom stereocenters. The van der Waals surface area contributed by atoms with Crippen molar-refractivity contribution >= 4 is 17.6 Å². The number of ether oxygens (including phenoxy) is 1. The Morgan fingerprint density at radius 2 is 1.96 bits per heavy atom. The molecular weight excluding hydrogens is 373 g/mol. The van der Waals surface area contributed by atoms with Crippen LogP contribution in [0.3, 0.4) is 0 Å². The molecule has 2 aromatic heterocycles. The van der Waals surface area contributed by atoms with Crippen molar-refractivity contribution in [3.05, 3.63) is 70.7 Å². The number of aromatic nitrogens is 2. The zero-order valence-electron chi connectivity index (χ0n) is 13.0. The maximum absolute atomic E-state index is 13.1. The van der Waals surface area contributed by atoms with Gasteiger partial charge >= 0.3 is 12.1 Å². The Balaban J connectivity index is 1.76. The third-order valence-corrected chi connectivity index (χ3v) is 3.69. The SMILES string of the molecule is O=C(OCc1cc(-c2ccccc2C(F)(F)F)no1)c1cccnc1Cl. The molecule has 0 fully saturated rings. The molecular formula is C17H10ClF3N2O3. The quantitative estimate of drug-likeness (QED) is 0.480. The predicted octanol–water partition coefficient (Wildman–Crippen LogP) is 4.77. The monoisotopic (exact) mass is 382 g/mol. The lowest BCUT2D eigenvalue weighted by Gasteiger charge is -2.10. The molecule has 0 unspecified atom stereocenters. The van der Waals surface area contributed by atoms with Crippen LogP contribution in [0, 0.1) is 0 Å². The number of carbonyl (C=O) groups excluding carboxylic acids is 1. The second-order valence-corrected chi connectivity index (χ2v) is 5.50. The first-order chi connectivity index (χ1) is 12.4. The zero-order valence-corrected chi connectivity index (χ0v) is 13.7. The van der Waals surface area contributed by atoms with Crippen molar-refractivity contribution < 1.29 is 27.2 Å². The van der Waals surface area contributed by atoms with Gasteiger partial charge in [0.15, 0.2) is 12.4 Å². The lowest BCUT2D eigenvalue weighted by Crippen LogP contribution is -2.07. The Hall–Kier alpha value is -2.87. The topological polar surface area (TPSA) is 65.2 Å². The van der Waals surface area contributed by atoms with Crippen LogP contribution < -0.4 is 0 Å². The summed E-state index contributed by atoms with van der Waals surface area (Å²) in [6.45, 7) is -0.314. The highest BCUT2D eigenvalue weighted by atomic mass is 35.5. The maximum Gasteiger partial charge on any atom is 0.417 e. The third kappa shape index (κ3) is 3.85. The second kappa shape index (κ2) is 7.17. The van der Waals surface area contributed by atoms with Gasteiger partial charge in [-0.05, 0) is 18.2 Å². The number of hydrogen-bond donors (Lipinski definition) is 0. The van der Waals surface area contributed by atoms with E-state index in [0.717, 1.165) is 6.07 Å². The van der Waals surface area contributed by atoms with Gasteiger partial charge in [-0.25, -0.2) is 9.78 Å². The number of esters is 1. The molecule has 0 N–H and O–H groups in total. The van der Waals surface area contributed by atoms with Gasteiger partial charge in [0.2, 0.25) is 0 Å². The first-order valence-corrected chi connectivity index (χ1v) is 7.64. The smallest absolute Gasteiger partial charge is 0.417 e. The first kappa shape index (κ1) is 17.9. The molecule has 0 amide bonds. The molecule has 0 bridgehead atoms. The van der Waals surface area contributed by atoms with Crippen LogP contribution in [-0.4, -0.2) is 16.1 Å². The Kier molecular flexibility index (Phi) is 4.94. The zero-order chi connectivity index (χ0) is 18.7. The number of benzene rings is 1. The van der Waals surface area contributed by atoms with Gasteiger partial charge < -0.3 is 9.26 Å². The van der Waals surface area contributed by atoms with Crippen LogP contribution >= 0.6 is 11.6 Å². The molecule has 0 aliphatic carbocycles. The standard InChI is InChI=1S/C17H10ClF3N2O3/c18-15-12(5-3-7-22-15)16(24)25-9-10-8-14(23-26-10)11-4-1-2-6-13(11)17(19,20)21/h1-8H,9H2. The summed E-state index contributed by atoms with van der Waals surface area (Å²) in [5.74, 6) is -0.651. The van der Waals surface area contributed by atoms with Crippen molar-refractivity contribution in [2.75, 3.05) is 0 Å². The Bertz CT molecular complexity index is 941. The summed E-state index contributed by atoms with van der Waals surface area (Å²) < 4.78 is 49.2. The van der Waals surface area contributed by atoms with Crippen LogP contribution in [-0.2, 0) is 17.5 Å². The van der Waals surface area contributed by atoms with Crippen molar-refractivity contribution in [3.63, 3.8) is 0 Å². The molecule has 3 rings (SSSR count). The molecule has 0 aliphatic heterocycles. The lowest BCUT2D eigenvalue weighted by molar-refractivity contribution is -0.137. The van der Waals surface area contributed by atoms with Crippen LogP contribution in [0.4, 0.5) is 13.2 Å². The summed E-state index contributed by atoms with van der Waals surface area (Å²) >= 11 is 5.79. The molecule has 26 heavy (non-hydrogen) atoms. The third-order valence-electron chi connectivity index (χ3n) is 3.39. The average Bonchev–Trinajstić information content (AvgIpc) is 3.08. The molecule has 134 valence electrons. The van der Waals surface area contributed by atoms with Crippen molar-refractivity contribution in [2.24, 2.45) is 0 Å². The number of rotatable bonds is 4. The van der Waals surface area contributed by atoms with Crippen molar-refractivity contribution in [1.82, 2.24) is 10.1 Å². The normalized spacial score (nSPS) is 11.4. The van der Waals surface area contributed by atoms with E-state index in [1.807, 2.05) is 0 Å². The van der Waals surface area contributed by atoms with Gasteiger partial charge in [0.05, 0.1) is 11.1 Å². The minimum absolute atomic E-state index is 0.0108. The first-order valence-electron chi connectivity index (χ1n) is 7.26. The fraction of sp³-hybridized carbons (Fsp3) is 0.118. The van der Waals surface area contributed by atoms with E-state index in [1.54, 1.807) is 0 Å². The van der Waals surface area contributed by atoms with Gasteiger partial charge in [-0.2, -0.15) is 13.2 Å². The van der Waals surface area contributed by atoms with Gasteiger partial charge in [-0.15, -0.1) is 0 Å². The number of halogens is 4. The predicted molar refractivity (Wildman–Crippen MR) is 85.3 cm³/mol. The maximum atomic E-state index is 13.1. The number of hydrogen-bond acceptors (Lipinski definition) is 5. The van der Waals surface area contributed by atoms with E-state index in [1.165, 1.54) is 42.6 Å². The van der Waals surface area contributed by atoms with E-state index in [4.69, 9.17) is 20.9 Å². The average molecular weight is 383 g/mol. The van der Waals surface area contributed by atoms with E-state index in [-0.39, 0.29) is 34.3 Å². The van der Waals surface area contributed by atoms with Crippen molar-refractivity contribution in [2.45, 2.75) is 12.8 Å². The van der Waals surface area contributed by atoms with Crippen LogP contribution in [0.2, 0.25) is 5.15 Å². The molecule has 1 aromatic carbocycles. The van der Waals surface area contributed by atoms with E-state index >= 15 is 0 Å². The minimum atomic E-state index is -4.53. The van der Waals surface area contributed by atoms with E-state index < -0.39 is 17.7 Å². The van der Waals surface area contributed by atoms with Gasteiger partial charge in [0.25, 0.3) is 0 Å². The second-order valence-electron chi connectivity index (χ2n) is 5.14. The van der Waals surface area contributed by atoms with E-state index in [9.17, 15) is 18.0 Å². The summed E-state index contributed by atoms with van der Waals surface area (Å²) in [6.07, 6.45) is -3.11. The Morgan fingerprint density at radius 1 is 1.19 bits per heavy atom. The highest BCUT2D eigenvalue weighted by Crippen LogP contribution is 2.36. The fourth-order valence-corrected chi connectivity index (χ4v) is 2.41. The highest BCUT2D eigenvalue weighted by molar-refractivity contribution is 6.32. The minimum Gasteiger partial charge on any atom is -0.454 e. The fourth-order valence-electron chi connectivity index (χ4n) is 2.21. The van der Waals surface area contributed by atoms with Crippen molar-refractivity contribution in [3.8, 4) is 11.3 Å². The molecule has 0 aliphatic rings. The summed E-state index contributed by atoms with van der Waals surface area (Å²) in [5.41, 5.74) is -0.907. The number of carbonyl (C=O) groups is 1. The summed E-state index contributed by atoms with van der Waals surface area (Å²) in [7, 11) is 0. The molecule has 0 radical (unpaired) electrons. The van der Waals surface area contributed by atoms with E-state index in [0.29, 0.717) is 0 Å². The van der Waals surface area contributed by atoms with Crippen molar-refractivity contribution in [1.29, 1.82) is 0 Å². The number of alkyl halides is 3. The summed E-state index contributed by atoms with van der Waals surface area (Å²) in [6, 6.07) is 9.21. The molecule has 9 heteroatoms. The van der Waals surface area contributed by atoms with Crippen LogP contribution in [0.25, 0.3) is 11.3 Å². The molecule has 5 nitrogen and oxygen atoms in total. The molecule has 2 heterocycles. The molecule has 0 saturated heterocycles. The van der Waals surface area contributed by atoms with Gasteiger partial charge in [0, 0.05) is 17.8 Å². The van der Waals surface area contributed by atoms with Gasteiger partial charge in [-0.1, -0.05) is 35.0 Å². The highest BCUT2D eigenvalue weighted by Gasteiger charge is 2.34. The summed E-state index contributed by atoms with van der Waals surface area (Å²) in [5, 5.41) is 3.61. The van der Waals surface area contributed by atoms with Crippen LogP contribution in [0.15, 0.2) is 53.2 Å². The Labute approximate surface area is 150 Å². The van der Waals surface area contributed by atoms with Gasteiger partial charge in [0.1, 0.15) is 10.8 Å². The van der Waals surface area contributed by atoms with Crippen LogP contribution in [0.5, 0.6) is 0 Å². The number of pyridine rings is 1. The largest absolute Gasteiger partial charge is 0.454 e. The Morgan fingerprint density at radius 3 is 2.69 bits per heavy atom. The summed E-state index contributed by atoms with van der Waals surface area (Å²) in [4.78, 5) is 15.7. The molecule has 0 spiro atoms. The number of nitrogens with zero attached hydrogens (tertiary/aromatic N) is 2. The van der Waals surface area contributed by atoms with E-state index in [2.05, 4.69) is 10.1 Å².